The van der Waals surface area contributed by atoms with Crippen LogP contribution in [0.4, 0.5) is 4.39 Å². The molecule has 0 fully saturated rings. The number of hydrogen-bond acceptors (Lipinski definition) is 5. The van der Waals surface area contributed by atoms with Gasteiger partial charge < -0.3 is 15.0 Å². The van der Waals surface area contributed by atoms with Gasteiger partial charge in [0.25, 0.3) is 5.91 Å². The molecule has 1 atom stereocenters. The third kappa shape index (κ3) is 3.85. The third-order valence-corrected chi connectivity index (χ3v) is 2.73. The number of H-pyrrole nitrogens is 1. The van der Waals surface area contributed by atoms with Gasteiger partial charge in [0.05, 0.1) is 19.6 Å². The average Bonchev–Trinajstić information content (AvgIpc) is 2.99. The molecular weight excluding hydrogens is 279 g/mol. The van der Waals surface area contributed by atoms with Crippen molar-refractivity contribution >= 4 is 11.9 Å². The highest BCUT2D eigenvalue weighted by molar-refractivity contribution is 5.95. The number of nitrogens with zero attached hydrogens (tertiary/aromatic N) is 2. The number of carbonyl (C=O) groups excluding carboxylic acids is 2. The van der Waals surface area contributed by atoms with Crippen LogP contribution in [-0.2, 0) is 16.0 Å². The summed E-state index contributed by atoms with van der Waals surface area (Å²) in [6.07, 6.45) is 4.13. The van der Waals surface area contributed by atoms with Crippen molar-refractivity contribution in [2.75, 3.05) is 7.11 Å². The van der Waals surface area contributed by atoms with E-state index < -0.39 is 23.7 Å². The molecule has 0 unspecified atom stereocenters. The number of methoxy groups -OCH3 is 1. The van der Waals surface area contributed by atoms with Crippen molar-refractivity contribution in [3.05, 3.63) is 48.1 Å². The predicted octanol–water partition coefficient (Wildman–Crippen LogP) is 0.458. The first-order valence-electron chi connectivity index (χ1n) is 6.07. The number of amides is 1. The van der Waals surface area contributed by atoms with Gasteiger partial charge in [-0.15, -0.1) is 0 Å². The number of hydrogen-bond donors (Lipinski definition) is 2. The number of halogens is 1. The fourth-order valence-electron chi connectivity index (χ4n) is 1.69. The van der Waals surface area contributed by atoms with E-state index in [1.54, 1.807) is 0 Å². The summed E-state index contributed by atoms with van der Waals surface area (Å²) < 4.78 is 17.4. The Morgan fingerprint density at radius 2 is 2.24 bits per heavy atom. The largest absolute Gasteiger partial charge is 0.467 e. The van der Waals surface area contributed by atoms with Crippen LogP contribution in [0.25, 0.3) is 0 Å². The van der Waals surface area contributed by atoms with Crippen LogP contribution >= 0.6 is 0 Å². The SMILES string of the molecule is COC(=O)[C@H](Cc1cnc[nH]1)NC(=O)c1ccc(F)cn1. The van der Waals surface area contributed by atoms with Gasteiger partial charge in [-0.1, -0.05) is 0 Å². The molecule has 0 aliphatic carbocycles. The maximum absolute atomic E-state index is 12.8. The van der Waals surface area contributed by atoms with E-state index in [0.717, 1.165) is 12.3 Å². The number of nitrogens with one attached hydrogen (secondary N) is 2. The summed E-state index contributed by atoms with van der Waals surface area (Å²) in [6, 6.07) is 1.45. The minimum absolute atomic E-state index is 0.00918. The molecule has 2 heterocycles. The molecule has 8 heteroatoms. The molecule has 1 amide bonds. The molecule has 0 aromatic carbocycles. The molecule has 2 aromatic rings. The highest BCUT2D eigenvalue weighted by Gasteiger charge is 2.23. The normalized spacial score (nSPS) is 11.7. The van der Waals surface area contributed by atoms with Crippen LogP contribution in [0, 0.1) is 5.82 Å². The topological polar surface area (TPSA) is 97.0 Å². The van der Waals surface area contributed by atoms with Gasteiger partial charge in [-0.25, -0.2) is 19.2 Å². The molecule has 0 radical (unpaired) electrons. The second kappa shape index (κ2) is 6.60. The van der Waals surface area contributed by atoms with Gasteiger partial charge in [-0.05, 0) is 12.1 Å². The van der Waals surface area contributed by atoms with Gasteiger partial charge in [-0.3, -0.25) is 4.79 Å². The zero-order chi connectivity index (χ0) is 15.2. The van der Waals surface area contributed by atoms with Gasteiger partial charge in [0.2, 0.25) is 0 Å². The maximum Gasteiger partial charge on any atom is 0.328 e. The Hall–Kier alpha value is -2.77. The van der Waals surface area contributed by atoms with Crippen LogP contribution in [0.15, 0.2) is 30.9 Å². The van der Waals surface area contributed by atoms with Crippen molar-refractivity contribution in [3.63, 3.8) is 0 Å². The summed E-state index contributed by atoms with van der Waals surface area (Å²) in [5, 5.41) is 2.50. The fourth-order valence-corrected chi connectivity index (χ4v) is 1.69. The van der Waals surface area contributed by atoms with Crippen LogP contribution < -0.4 is 5.32 Å². The molecule has 0 saturated heterocycles. The Labute approximate surface area is 119 Å². The monoisotopic (exact) mass is 292 g/mol. The molecule has 110 valence electrons. The predicted molar refractivity (Wildman–Crippen MR) is 69.8 cm³/mol. The van der Waals surface area contributed by atoms with E-state index >= 15 is 0 Å². The fraction of sp³-hybridized carbons (Fsp3) is 0.231. The van der Waals surface area contributed by atoms with E-state index in [9.17, 15) is 14.0 Å². The number of aromatic amines is 1. The number of rotatable bonds is 5. The molecular formula is C13H13FN4O3. The maximum atomic E-state index is 12.8. The molecule has 0 spiro atoms. The lowest BCUT2D eigenvalue weighted by Gasteiger charge is -2.15. The van der Waals surface area contributed by atoms with Crippen molar-refractivity contribution < 1.29 is 18.7 Å². The van der Waals surface area contributed by atoms with Crippen LogP contribution in [0.1, 0.15) is 16.2 Å². The first-order valence-corrected chi connectivity index (χ1v) is 6.07. The van der Waals surface area contributed by atoms with Crippen LogP contribution in [0.3, 0.4) is 0 Å². The molecule has 2 N–H and O–H groups in total. The van der Waals surface area contributed by atoms with Crippen molar-refractivity contribution in [3.8, 4) is 0 Å². The molecule has 0 aliphatic rings. The summed E-state index contributed by atoms with van der Waals surface area (Å²) in [7, 11) is 1.23. The molecule has 0 bridgehead atoms. The van der Waals surface area contributed by atoms with E-state index in [1.165, 1.54) is 25.7 Å². The standard InChI is InChI=1S/C13H13FN4O3/c1-21-13(20)11(4-9-6-15-7-17-9)18-12(19)10-3-2-8(14)5-16-10/h2-3,5-7,11H,4H2,1H3,(H,15,17)(H,18,19)/t11-/m0/s1. The van der Waals surface area contributed by atoms with E-state index in [4.69, 9.17) is 0 Å². The summed E-state index contributed by atoms with van der Waals surface area (Å²) >= 11 is 0. The van der Waals surface area contributed by atoms with Crippen LogP contribution in [0.2, 0.25) is 0 Å². The van der Waals surface area contributed by atoms with Gasteiger partial charge in [0.15, 0.2) is 0 Å². The minimum atomic E-state index is -0.894. The average molecular weight is 292 g/mol. The molecule has 7 nitrogen and oxygen atoms in total. The van der Waals surface area contributed by atoms with Crippen LogP contribution in [0.5, 0.6) is 0 Å². The smallest absolute Gasteiger partial charge is 0.328 e. The van der Waals surface area contributed by atoms with Crippen molar-refractivity contribution in [1.82, 2.24) is 20.3 Å². The summed E-state index contributed by atoms with van der Waals surface area (Å²) in [5.41, 5.74) is 0.674. The molecule has 0 aliphatic heterocycles. The van der Waals surface area contributed by atoms with Gasteiger partial charge in [0.1, 0.15) is 17.6 Å². The van der Waals surface area contributed by atoms with Crippen molar-refractivity contribution in [2.24, 2.45) is 0 Å². The Kier molecular flexibility index (Phi) is 4.60. The number of ether oxygens (including phenoxy) is 1. The van der Waals surface area contributed by atoms with Crippen LogP contribution in [-0.4, -0.2) is 40.0 Å². The third-order valence-electron chi connectivity index (χ3n) is 2.73. The first kappa shape index (κ1) is 14.6. The Morgan fingerprint density at radius 1 is 1.43 bits per heavy atom. The van der Waals surface area contributed by atoms with Gasteiger partial charge in [0, 0.05) is 18.3 Å². The van der Waals surface area contributed by atoms with E-state index in [1.807, 2.05) is 0 Å². The number of pyridine rings is 1. The highest BCUT2D eigenvalue weighted by atomic mass is 19.1. The molecule has 2 rings (SSSR count). The second-order valence-electron chi connectivity index (χ2n) is 4.19. The number of imidazole rings is 1. The first-order chi connectivity index (χ1) is 10.1. The van der Waals surface area contributed by atoms with E-state index in [-0.39, 0.29) is 12.1 Å². The number of aromatic nitrogens is 3. The minimum Gasteiger partial charge on any atom is -0.467 e. The van der Waals surface area contributed by atoms with Crippen molar-refractivity contribution in [2.45, 2.75) is 12.5 Å². The van der Waals surface area contributed by atoms with E-state index in [0.29, 0.717) is 5.69 Å². The Balaban J connectivity index is 2.09. The Morgan fingerprint density at radius 3 is 2.81 bits per heavy atom. The molecule has 0 saturated carbocycles. The zero-order valence-corrected chi connectivity index (χ0v) is 11.2. The molecule has 2 aromatic heterocycles. The summed E-state index contributed by atoms with van der Waals surface area (Å²) in [6.45, 7) is 0. The lowest BCUT2D eigenvalue weighted by atomic mass is 10.1. The lowest BCUT2D eigenvalue weighted by Crippen LogP contribution is -2.43. The lowest BCUT2D eigenvalue weighted by molar-refractivity contribution is -0.142. The van der Waals surface area contributed by atoms with Crippen molar-refractivity contribution in [1.29, 1.82) is 0 Å². The summed E-state index contributed by atoms with van der Waals surface area (Å²) in [5.74, 6) is -1.74. The zero-order valence-electron chi connectivity index (χ0n) is 11.2. The van der Waals surface area contributed by atoms with Gasteiger partial charge in [-0.2, -0.15) is 0 Å². The highest BCUT2D eigenvalue weighted by Crippen LogP contribution is 2.03. The molecule has 21 heavy (non-hydrogen) atoms. The van der Waals surface area contributed by atoms with Gasteiger partial charge >= 0.3 is 5.97 Å². The summed E-state index contributed by atoms with van der Waals surface area (Å²) in [4.78, 5) is 34.0. The Bertz CT molecular complexity index is 613. The quantitative estimate of drug-likeness (QED) is 0.780. The number of esters is 1. The second-order valence-corrected chi connectivity index (χ2v) is 4.19. The van der Waals surface area contributed by atoms with E-state index in [2.05, 4.69) is 25.0 Å². The number of carbonyl (C=O) groups is 2.